The molecule has 0 radical (unpaired) electrons. The number of ether oxygens (including phenoxy) is 1. The van der Waals surface area contributed by atoms with Gasteiger partial charge in [0.25, 0.3) is 0 Å². The van der Waals surface area contributed by atoms with Crippen molar-refractivity contribution in [1.82, 2.24) is 0 Å². The summed E-state index contributed by atoms with van der Waals surface area (Å²) < 4.78 is 11.0. The number of thiol groups is 1. The minimum absolute atomic E-state index is 0.0602. The Balaban J connectivity index is 2.78. The lowest BCUT2D eigenvalue weighted by Crippen LogP contribution is -2.06. The predicted octanol–water partition coefficient (Wildman–Crippen LogP) is 3.00. The summed E-state index contributed by atoms with van der Waals surface area (Å²) in [6.07, 6.45) is -0.0602. The molecule has 0 saturated heterocycles. The lowest BCUT2D eigenvalue weighted by Gasteiger charge is -2.13. The first-order valence-electron chi connectivity index (χ1n) is 3.82. The van der Waals surface area contributed by atoms with Crippen LogP contribution in [-0.2, 0) is 8.92 Å². The number of benzene rings is 1. The van der Waals surface area contributed by atoms with E-state index in [2.05, 4.69) is 28.8 Å². The van der Waals surface area contributed by atoms with Gasteiger partial charge < -0.3 is 8.92 Å². The number of hydrogen-bond donors (Lipinski definition) is 1. The summed E-state index contributed by atoms with van der Waals surface area (Å²) in [5.41, 5.74) is 1.07. The van der Waals surface area contributed by atoms with Crippen molar-refractivity contribution >= 4 is 28.8 Å². The average Bonchev–Trinajstić information content (AvgIpc) is 2.14. The van der Waals surface area contributed by atoms with E-state index in [1.807, 2.05) is 24.3 Å². The van der Waals surface area contributed by atoms with Crippen LogP contribution in [0.25, 0.3) is 0 Å². The van der Waals surface area contributed by atoms with Crippen molar-refractivity contribution in [2.75, 3.05) is 13.7 Å². The summed E-state index contributed by atoms with van der Waals surface area (Å²) >= 11 is 7.09. The molecule has 0 aliphatic rings. The maximum Gasteiger partial charge on any atom is 0.107 e. The molecule has 1 atom stereocenters. The molecule has 13 heavy (non-hydrogen) atoms. The minimum atomic E-state index is -0.0602. The zero-order valence-corrected chi connectivity index (χ0v) is 9.72. The van der Waals surface area contributed by atoms with Gasteiger partial charge in [-0.05, 0) is 30.6 Å². The van der Waals surface area contributed by atoms with Crippen molar-refractivity contribution in [2.24, 2.45) is 0 Å². The predicted molar refractivity (Wildman–Crippen MR) is 58.8 cm³/mol. The van der Waals surface area contributed by atoms with Crippen molar-refractivity contribution in [2.45, 2.75) is 6.10 Å². The Morgan fingerprint density at radius 3 is 2.85 bits per heavy atom. The van der Waals surface area contributed by atoms with Gasteiger partial charge in [-0.3, -0.25) is 0 Å². The molecule has 0 aliphatic heterocycles. The van der Waals surface area contributed by atoms with Gasteiger partial charge in [0, 0.05) is 11.6 Å². The lowest BCUT2D eigenvalue weighted by atomic mass is 10.1. The molecule has 0 saturated carbocycles. The largest absolute Gasteiger partial charge is 0.374 e. The second kappa shape index (κ2) is 5.65. The van der Waals surface area contributed by atoms with E-state index in [-0.39, 0.29) is 6.10 Å². The third-order valence-corrected chi connectivity index (χ3v) is 2.37. The van der Waals surface area contributed by atoms with E-state index in [4.69, 9.17) is 8.92 Å². The van der Waals surface area contributed by atoms with E-state index in [0.29, 0.717) is 6.61 Å². The Bertz CT molecular complexity index is 268. The van der Waals surface area contributed by atoms with Gasteiger partial charge in [-0.15, -0.1) is 0 Å². The molecule has 72 valence electrons. The second-order valence-corrected chi connectivity index (χ2v) is 3.75. The fraction of sp³-hybridized carbons (Fsp3) is 0.333. The van der Waals surface area contributed by atoms with Crippen molar-refractivity contribution in [3.63, 3.8) is 0 Å². The van der Waals surface area contributed by atoms with Gasteiger partial charge in [-0.25, -0.2) is 0 Å². The third kappa shape index (κ3) is 3.31. The Morgan fingerprint density at radius 1 is 1.54 bits per heavy atom. The first-order valence-corrected chi connectivity index (χ1v) is 4.98. The van der Waals surface area contributed by atoms with Gasteiger partial charge in [-0.2, -0.15) is 0 Å². The molecule has 0 spiro atoms. The van der Waals surface area contributed by atoms with E-state index in [1.165, 1.54) is 0 Å². The number of rotatable bonds is 4. The highest BCUT2D eigenvalue weighted by Gasteiger charge is 2.09. The Hall–Kier alpha value is -0.0300. The monoisotopic (exact) mass is 262 g/mol. The molecule has 1 aromatic rings. The van der Waals surface area contributed by atoms with E-state index < -0.39 is 0 Å². The molecule has 1 aromatic carbocycles. The molecule has 2 nitrogen and oxygen atoms in total. The van der Waals surface area contributed by atoms with Gasteiger partial charge >= 0.3 is 0 Å². The lowest BCUT2D eigenvalue weighted by molar-refractivity contribution is 0.0657. The molecular formula is C9H11BrO2S. The standard InChI is InChI=1S/C9H11BrO2S/c1-11-9(6-12-13)7-3-2-4-8(10)5-7/h2-5,9,13H,6H2,1H3/t9-/m0/s1. The summed E-state index contributed by atoms with van der Waals surface area (Å²) in [6.45, 7) is 0.441. The maximum absolute atomic E-state index is 5.24. The number of methoxy groups -OCH3 is 1. The highest BCUT2D eigenvalue weighted by molar-refractivity contribution is 9.10. The highest BCUT2D eigenvalue weighted by atomic mass is 79.9. The third-order valence-electron chi connectivity index (χ3n) is 1.73. The minimum Gasteiger partial charge on any atom is -0.374 e. The van der Waals surface area contributed by atoms with Crippen LogP contribution in [0.2, 0.25) is 0 Å². The van der Waals surface area contributed by atoms with Crippen LogP contribution < -0.4 is 0 Å². The van der Waals surface area contributed by atoms with Crippen molar-refractivity contribution in [1.29, 1.82) is 0 Å². The van der Waals surface area contributed by atoms with E-state index in [0.717, 1.165) is 10.0 Å². The summed E-state index contributed by atoms with van der Waals surface area (Å²) in [4.78, 5) is 0. The number of hydrogen-bond acceptors (Lipinski definition) is 3. The fourth-order valence-corrected chi connectivity index (χ4v) is 1.63. The van der Waals surface area contributed by atoms with Crippen LogP contribution in [0.15, 0.2) is 28.7 Å². The van der Waals surface area contributed by atoms with Gasteiger partial charge in [0.1, 0.15) is 6.10 Å². The van der Waals surface area contributed by atoms with Crippen LogP contribution in [0.3, 0.4) is 0 Å². The molecule has 0 unspecified atom stereocenters. The van der Waals surface area contributed by atoms with Crippen LogP contribution in [0, 0.1) is 0 Å². The molecule has 0 aromatic heterocycles. The zero-order chi connectivity index (χ0) is 9.68. The Morgan fingerprint density at radius 2 is 2.31 bits per heavy atom. The van der Waals surface area contributed by atoms with Gasteiger partial charge in [0.15, 0.2) is 0 Å². The first-order chi connectivity index (χ1) is 6.27. The summed E-state index contributed by atoms with van der Waals surface area (Å²) in [7, 11) is 1.65. The molecule has 0 aliphatic carbocycles. The van der Waals surface area contributed by atoms with E-state index >= 15 is 0 Å². The molecule has 1 rings (SSSR count). The fourth-order valence-electron chi connectivity index (χ4n) is 1.07. The van der Waals surface area contributed by atoms with Gasteiger partial charge in [0.2, 0.25) is 0 Å². The first kappa shape index (κ1) is 11.0. The molecule has 0 amide bonds. The normalized spacial score (nSPS) is 12.8. The molecule has 0 N–H and O–H groups in total. The van der Waals surface area contributed by atoms with Crippen LogP contribution in [-0.4, -0.2) is 13.7 Å². The highest BCUT2D eigenvalue weighted by Crippen LogP contribution is 2.21. The second-order valence-electron chi connectivity index (χ2n) is 2.58. The summed E-state index contributed by atoms with van der Waals surface area (Å²) in [5, 5.41) is 0. The topological polar surface area (TPSA) is 18.5 Å². The SMILES string of the molecule is CO[C@@H](COS)c1cccc(Br)c1. The van der Waals surface area contributed by atoms with E-state index in [9.17, 15) is 0 Å². The van der Waals surface area contributed by atoms with Crippen molar-refractivity contribution in [3.05, 3.63) is 34.3 Å². The van der Waals surface area contributed by atoms with E-state index in [1.54, 1.807) is 7.11 Å². The summed E-state index contributed by atoms with van der Waals surface area (Å²) in [5.74, 6) is 0. The molecule has 4 heteroatoms. The molecule has 0 fully saturated rings. The van der Waals surface area contributed by atoms with Crippen LogP contribution >= 0.6 is 28.8 Å². The average molecular weight is 263 g/mol. The van der Waals surface area contributed by atoms with Crippen molar-refractivity contribution < 1.29 is 8.92 Å². The Kier molecular flexibility index (Phi) is 4.80. The zero-order valence-electron chi connectivity index (χ0n) is 7.24. The van der Waals surface area contributed by atoms with Crippen LogP contribution in [0.5, 0.6) is 0 Å². The molecular weight excluding hydrogens is 252 g/mol. The van der Waals surface area contributed by atoms with Crippen molar-refractivity contribution in [3.8, 4) is 0 Å². The maximum atomic E-state index is 5.24. The smallest absolute Gasteiger partial charge is 0.107 e. The quantitative estimate of drug-likeness (QED) is 0.665. The molecule has 0 heterocycles. The van der Waals surface area contributed by atoms with Gasteiger partial charge in [-0.1, -0.05) is 28.1 Å². The van der Waals surface area contributed by atoms with Gasteiger partial charge in [0.05, 0.1) is 6.61 Å². The molecule has 0 bridgehead atoms. The summed E-state index contributed by atoms with van der Waals surface area (Å²) in [6, 6.07) is 7.93. The number of halogens is 1. The van der Waals surface area contributed by atoms with Crippen LogP contribution in [0.1, 0.15) is 11.7 Å². The van der Waals surface area contributed by atoms with Crippen LogP contribution in [0.4, 0.5) is 0 Å². The Labute approximate surface area is 92.0 Å².